The average molecular weight is 256 g/mol. The molecule has 1 aromatic rings. The highest BCUT2D eigenvalue weighted by Gasteiger charge is 2.26. The van der Waals surface area contributed by atoms with Crippen molar-refractivity contribution in [1.29, 1.82) is 0 Å². The number of benzene rings is 1. The monoisotopic (exact) mass is 256 g/mol. The summed E-state index contributed by atoms with van der Waals surface area (Å²) in [6.45, 7) is 7.34. The molecule has 2 heteroatoms. The fourth-order valence-corrected chi connectivity index (χ4v) is 2.94. The molecule has 1 unspecified atom stereocenters. The zero-order chi connectivity index (χ0) is 13.7. The molecule has 2 nitrogen and oxygen atoms in total. The second kappa shape index (κ2) is 6.75. The number of hydrogen-bond donors (Lipinski definition) is 1. The van der Waals surface area contributed by atoms with Crippen molar-refractivity contribution in [3.63, 3.8) is 0 Å². The molecule has 1 heterocycles. The molecule has 1 fully saturated rings. The van der Waals surface area contributed by atoms with E-state index >= 15 is 0 Å². The Bertz CT molecular complexity index is 468. The maximum Gasteiger partial charge on any atom is 0.0555 e. The second-order valence-corrected chi connectivity index (χ2v) is 5.63. The summed E-state index contributed by atoms with van der Waals surface area (Å²) in [7, 11) is 0. The summed E-state index contributed by atoms with van der Waals surface area (Å²) in [5.74, 6) is 6.77. The van der Waals surface area contributed by atoms with Crippen molar-refractivity contribution in [1.82, 2.24) is 4.90 Å². The van der Waals surface area contributed by atoms with Gasteiger partial charge in [0.25, 0.3) is 0 Å². The van der Waals surface area contributed by atoms with E-state index in [0.29, 0.717) is 6.54 Å². The Morgan fingerprint density at radius 1 is 1.42 bits per heavy atom. The molecule has 1 aromatic carbocycles. The van der Waals surface area contributed by atoms with E-state index < -0.39 is 0 Å². The number of rotatable bonds is 3. The molecule has 0 bridgehead atoms. The first-order chi connectivity index (χ1) is 9.20. The lowest BCUT2D eigenvalue weighted by Gasteiger charge is -2.27. The quantitative estimate of drug-likeness (QED) is 0.842. The van der Waals surface area contributed by atoms with Gasteiger partial charge in [0.1, 0.15) is 0 Å². The largest absolute Gasteiger partial charge is 0.320 e. The Balaban J connectivity index is 2.06. The van der Waals surface area contributed by atoms with Gasteiger partial charge in [0.05, 0.1) is 6.54 Å². The van der Waals surface area contributed by atoms with Crippen LogP contribution in [-0.4, -0.2) is 24.0 Å². The van der Waals surface area contributed by atoms with Crippen LogP contribution in [0.15, 0.2) is 24.3 Å². The molecule has 0 aromatic heterocycles. The minimum atomic E-state index is 0.422. The summed E-state index contributed by atoms with van der Waals surface area (Å²) < 4.78 is 0. The topological polar surface area (TPSA) is 29.3 Å². The summed E-state index contributed by atoms with van der Waals surface area (Å²) in [6.07, 6.45) is 2.67. The van der Waals surface area contributed by atoms with Crippen LogP contribution in [0, 0.1) is 17.8 Å². The molecule has 2 N–H and O–H groups in total. The highest BCUT2D eigenvalue weighted by atomic mass is 15.2. The lowest BCUT2D eigenvalue weighted by atomic mass is 10.0. The molecule has 0 radical (unpaired) electrons. The van der Waals surface area contributed by atoms with E-state index in [1.807, 2.05) is 0 Å². The van der Waals surface area contributed by atoms with Gasteiger partial charge in [-0.2, -0.15) is 0 Å². The zero-order valence-corrected chi connectivity index (χ0v) is 12.0. The minimum Gasteiger partial charge on any atom is -0.320 e. The van der Waals surface area contributed by atoms with E-state index in [9.17, 15) is 0 Å². The molecule has 1 saturated heterocycles. The Labute approximate surface area is 117 Å². The first kappa shape index (κ1) is 14.1. The van der Waals surface area contributed by atoms with Crippen LogP contribution in [0.4, 0.5) is 0 Å². The third-order valence-electron chi connectivity index (χ3n) is 3.83. The maximum atomic E-state index is 5.42. The van der Waals surface area contributed by atoms with Gasteiger partial charge in [-0.1, -0.05) is 37.8 Å². The molecular formula is C17H24N2. The lowest BCUT2D eigenvalue weighted by Crippen LogP contribution is -2.32. The van der Waals surface area contributed by atoms with Crippen LogP contribution in [0.5, 0.6) is 0 Å². The molecule has 19 heavy (non-hydrogen) atoms. The van der Waals surface area contributed by atoms with Gasteiger partial charge < -0.3 is 5.73 Å². The van der Waals surface area contributed by atoms with E-state index in [0.717, 1.165) is 24.1 Å². The molecule has 1 atom stereocenters. The van der Waals surface area contributed by atoms with Crippen molar-refractivity contribution in [3.8, 4) is 11.8 Å². The first-order valence-corrected chi connectivity index (χ1v) is 7.22. The van der Waals surface area contributed by atoms with E-state index in [4.69, 9.17) is 5.73 Å². The van der Waals surface area contributed by atoms with E-state index in [1.54, 1.807) is 0 Å². The standard InChI is InChI=1S/C17H24N2/c1-14(2)17-9-5-11-19(17)13-16-7-3-6-15(12-16)8-4-10-18/h3,6-7,12,14,17H,5,9-11,13,18H2,1-2H3. The number of likely N-dealkylation sites (tertiary alicyclic amines) is 1. The number of hydrogen-bond acceptors (Lipinski definition) is 2. The van der Waals surface area contributed by atoms with Crippen molar-refractivity contribution in [2.75, 3.05) is 13.1 Å². The fourth-order valence-electron chi connectivity index (χ4n) is 2.94. The Morgan fingerprint density at radius 2 is 2.26 bits per heavy atom. The van der Waals surface area contributed by atoms with Crippen LogP contribution in [0.3, 0.4) is 0 Å². The van der Waals surface area contributed by atoms with Gasteiger partial charge in [-0.15, -0.1) is 0 Å². The van der Waals surface area contributed by atoms with Gasteiger partial charge >= 0.3 is 0 Å². The molecular weight excluding hydrogens is 232 g/mol. The average Bonchev–Trinajstić information content (AvgIpc) is 2.85. The predicted molar refractivity (Wildman–Crippen MR) is 80.6 cm³/mol. The molecule has 2 rings (SSSR count). The summed E-state index contributed by atoms with van der Waals surface area (Å²) in [5, 5.41) is 0. The summed E-state index contributed by atoms with van der Waals surface area (Å²) in [6, 6.07) is 9.27. The lowest BCUT2D eigenvalue weighted by molar-refractivity contribution is 0.199. The molecule has 0 aliphatic carbocycles. The highest BCUT2D eigenvalue weighted by Crippen LogP contribution is 2.25. The van der Waals surface area contributed by atoms with Crippen LogP contribution in [-0.2, 0) is 6.54 Å². The van der Waals surface area contributed by atoms with Crippen molar-refractivity contribution in [3.05, 3.63) is 35.4 Å². The van der Waals surface area contributed by atoms with Crippen LogP contribution in [0.2, 0.25) is 0 Å². The van der Waals surface area contributed by atoms with Gasteiger partial charge in [0, 0.05) is 18.2 Å². The van der Waals surface area contributed by atoms with Gasteiger partial charge in [-0.05, 0) is 43.0 Å². The smallest absolute Gasteiger partial charge is 0.0555 e. The third-order valence-corrected chi connectivity index (χ3v) is 3.83. The van der Waals surface area contributed by atoms with E-state index in [1.165, 1.54) is 24.9 Å². The summed E-state index contributed by atoms with van der Waals surface area (Å²) in [5.41, 5.74) is 7.85. The van der Waals surface area contributed by atoms with Gasteiger partial charge in [-0.3, -0.25) is 4.90 Å². The molecule has 0 saturated carbocycles. The first-order valence-electron chi connectivity index (χ1n) is 7.22. The predicted octanol–water partition coefficient (Wildman–Crippen LogP) is 2.62. The van der Waals surface area contributed by atoms with Gasteiger partial charge in [-0.25, -0.2) is 0 Å². The zero-order valence-electron chi connectivity index (χ0n) is 12.0. The highest BCUT2D eigenvalue weighted by molar-refractivity contribution is 5.37. The molecule has 0 amide bonds. The molecule has 1 aliphatic heterocycles. The molecule has 1 aliphatic rings. The van der Waals surface area contributed by atoms with Crippen LogP contribution in [0.1, 0.15) is 37.8 Å². The second-order valence-electron chi connectivity index (χ2n) is 5.63. The third kappa shape index (κ3) is 3.83. The summed E-state index contributed by atoms with van der Waals surface area (Å²) in [4.78, 5) is 2.61. The fraction of sp³-hybridized carbons (Fsp3) is 0.529. The number of nitrogens with two attached hydrogens (primary N) is 1. The molecule has 0 spiro atoms. The van der Waals surface area contributed by atoms with E-state index in [-0.39, 0.29) is 0 Å². The molecule has 102 valence electrons. The van der Waals surface area contributed by atoms with Crippen LogP contribution in [0.25, 0.3) is 0 Å². The van der Waals surface area contributed by atoms with Crippen LogP contribution < -0.4 is 5.73 Å². The van der Waals surface area contributed by atoms with Crippen molar-refractivity contribution in [2.45, 2.75) is 39.3 Å². The normalized spacial score (nSPS) is 19.5. The number of nitrogens with zero attached hydrogens (tertiary/aromatic N) is 1. The minimum absolute atomic E-state index is 0.422. The van der Waals surface area contributed by atoms with Crippen molar-refractivity contribution < 1.29 is 0 Å². The SMILES string of the molecule is CC(C)C1CCCN1Cc1cccc(C#CCN)c1. The van der Waals surface area contributed by atoms with Gasteiger partial charge in [0.2, 0.25) is 0 Å². The van der Waals surface area contributed by atoms with Gasteiger partial charge in [0.15, 0.2) is 0 Å². The summed E-state index contributed by atoms with van der Waals surface area (Å²) >= 11 is 0. The maximum absolute atomic E-state index is 5.42. The van der Waals surface area contributed by atoms with E-state index in [2.05, 4.69) is 54.9 Å². The van der Waals surface area contributed by atoms with Crippen molar-refractivity contribution >= 4 is 0 Å². The Kier molecular flexibility index (Phi) is 5.01. The Hall–Kier alpha value is -1.30. The van der Waals surface area contributed by atoms with Crippen molar-refractivity contribution in [2.24, 2.45) is 11.7 Å². The van der Waals surface area contributed by atoms with Crippen LogP contribution >= 0.6 is 0 Å². The Morgan fingerprint density at radius 3 is 3.00 bits per heavy atom.